The molecule has 0 aliphatic heterocycles. The van der Waals surface area contributed by atoms with Gasteiger partial charge in [0, 0.05) is 23.4 Å². The summed E-state index contributed by atoms with van der Waals surface area (Å²) >= 11 is 0. The zero-order valence-corrected chi connectivity index (χ0v) is 12.2. The van der Waals surface area contributed by atoms with E-state index in [1.807, 2.05) is 38.1 Å². The highest BCUT2D eigenvalue weighted by Crippen LogP contribution is 2.29. The molecule has 21 heavy (non-hydrogen) atoms. The summed E-state index contributed by atoms with van der Waals surface area (Å²) in [6.07, 6.45) is 1.26. The number of aromatic nitrogens is 1. The lowest BCUT2D eigenvalue weighted by Gasteiger charge is -2.28. The van der Waals surface area contributed by atoms with Crippen LogP contribution in [-0.2, 0) is 5.54 Å². The largest absolute Gasteiger partial charge is 0.496 e. The van der Waals surface area contributed by atoms with Gasteiger partial charge in [-0.25, -0.2) is 4.98 Å². The zero-order valence-electron chi connectivity index (χ0n) is 12.2. The molecular formula is C16H17FN2O2. The number of nitrogens with one attached hydrogen (secondary N) is 1. The lowest BCUT2D eigenvalue weighted by Crippen LogP contribution is -2.41. The summed E-state index contributed by atoms with van der Waals surface area (Å²) in [6.45, 7) is 3.72. The second-order valence-electron chi connectivity index (χ2n) is 5.15. The van der Waals surface area contributed by atoms with Gasteiger partial charge < -0.3 is 10.1 Å². The maximum atomic E-state index is 13.1. The molecule has 0 saturated carbocycles. The van der Waals surface area contributed by atoms with E-state index in [4.69, 9.17) is 4.74 Å². The lowest BCUT2D eigenvalue weighted by atomic mass is 9.93. The zero-order chi connectivity index (χ0) is 15.5. The molecule has 0 radical (unpaired) electrons. The van der Waals surface area contributed by atoms with E-state index in [0.717, 1.165) is 11.6 Å². The number of nitrogens with zero attached hydrogens (tertiary/aromatic N) is 1. The van der Waals surface area contributed by atoms with E-state index in [1.54, 1.807) is 7.11 Å². The molecule has 1 amide bonds. The van der Waals surface area contributed by atoms with Crippen molar-refractivity contribution in [3.05, 3.63) is 59.7 Å². The van der Waals surface area contributed by atoms with E-state index in [1.165, 1.54) is 12.3 Å². The number of rotatable bonds is 4. The van der Waals surface area contributed by atoms with Crippen molar-refractivity contribution >= 4 is 5.91 Å². The molecule has 0 aliphatic rings. The topological polar surface area (TPSA) is 51.2 Å². The van der Waals surface area contributed by atoms with Crippen molar-refractivity contribution in [2.24, 2.45) is 0 Å². The molecule has 1 aromatic carbocycles. The van der Waals surface area contributed by atoms with Crippen molar-refractivity contribution in [3.63, 3.8) is 0 Å². The van der Waals surface area contributed by atoms with E-state index in [9.17, 15) is 9.18 Å². The van der Waals surface area contributed by atoms with Gasteiger partial charge in [0.05, 0.1) is 12.6 Å². The van der Waals surface area contributed by atoms with E-state index in [-0.39, 0.29) is 11.5 Å². The van der Waals surface area contributed by atoms with Crippen LogP contribution in [0.15, 0.2) is 42.6 Å². The second-order valence-corrected chi connectivity index (χ2v) is 5.15. The Balaban J connectivity index is 2.26. The van der Waals surface area contributed by atoms with Crippen LogP contribution in [0.4, 0.5) is 4.39 Å². The Bertz CT molecular complexity index is 656. The summed E-state index contributed by atoms with van der Waals surface area (Å²) in [6, 6.07) is 10.0. The highest BCUT2D eigenvalue weighted by atomic mass is 19.1. The van der Waals surface area contributed by atoms with Crippen molar-refractivity contribution < 1.29 is 13.9 Å². The smallest absolute Gasteiger partial charge is 0.252 e. The Kier molecular flexibility index (Phi) is 4.21. The molecule has 0 spiro atoms. The number of benzene rings is 1. The Morgan fingerprint density at radius 2 is 2.00 bits per heavy atom. The summed E-state index contributed by atoms with van der Waals surface area (Å²) in [5, 5.41) is 2.88. The molecule has 2 rings (SSSR count). The number of halogens is 1. The number of methoxy groups -OCH3 is 1. The maximum absolute atomic E-state index is 13.1. The maximum Gasteiger partial charge on any atom is 0.252 e. The van der Waals surface area contributed by atoms with Crippen LogP contribution in [0.3, 0.4) is 0 Å². The van der Waals surface area contributed by atoms with Gasteiger partial charge in [-0.05, 0) is 26.0 Å². The molecule has 0 saturated heterocycles. The number of amides is 1. The molecule has 1 aromatic heterocycles. The predicted molar refractivity (Wildman–Crippen MR) is 77.7 cm³/mol. The van der Waals surface area contributed by atoms with E-state index < -0.39 is 11.5 Å². The van der Waals surface area contributed by atoms with Crippen LogP contribution in [0.1, 0.15) is 29.8 Å². The van der Waals surface area contributed by atoms with E-state index >= 15 is 0 Å². The van der Waals surface area contributed by atoms with Crippen molar-refractivity contribution in [3.8, 4) is 5.75 Å². The minimum atomic E-state index is -0.683. The number of hydrogen-bond donors (Lipinski definition) is 1. The molecule has 0 unspecified atom stereocenters. The minimum absolute atomic E-state index is 0.227. The van der Waals surface area contributed by atoms with Crippen LogP contribution < -0.4 is 10.1 Å². The molecule has 0 aliphatic carbocycles. The third kappa shape index (κ3) is 3.37. The number of carbonyl (C=O) groups excluding carboxylic acids is 1. The van der Waals surface area contributed by atoms with E-state index in [0.29, 0.717) is 5.75 Å². The number of pyridine rings is 1. The molecule has 0 bridgehead atoms. The normalized spacial score (nSPS) is 11.0. The van der Waals surface area contributed by atoms with Crippen LogP contribution in [0, 0.1) is 5.95 Å². The number of carbonyl (C=O) groups is 1. The van der Waals surface area contributed by atoms with Crippen LogP contribution in [0.2, 0.25) is 0 Å². The van der Waals surface area contributed by atoms with Gasteiger partial charge >= 0.3 is 0 Å². The second kappa shape index (κ2) is 5.91. The van der Waals surface area contributed by atoms with Crippen molar-refractivity contribution in [2.45, 2.75) is 19.4 Å². The van der Waals surface area contributed by atoms with Crippen molar-refractivity contribution in [2.75, 3.05) is 7.11 Å². The SMILES string of the molecule is COc1ccccc1C(C)(C)NC(=O)c1ccnc(F)c1. The van der Waals surface area contributed by atoms with Gasteiger partial charge in [0.1, 0.15) is 5.75 Å². The average molecular weight is 288 g/mol. The van der Waals surface area contributed by atoms with Crippen LogP contribution in [-0.4, -0.2) is 18.0 Å². The Hall–Kier alpha value is -2.43. The molecule has 0 atom stereocenters. The van der Waals surface area contributed by atoms with Gasteiger partial charge in [-0.2, -0.15) is 4.39 Å². The number of ether oxygens (including phenoxy) is 1. The van der Waals surface area contributed by atoms with Crippen LogP contribution >= 0.6 is 0 Å². The fourth-order valence-corrected chi connectivity index (χ4v) is 2.13. The minimum Gasteiger partial charge on any atom is -0.496 e. The van der Waals surface area contributed by atoms with Crippen LogP contribution in [0.5, 0.6) is 5.75 Å². The average Bonchev–Trinajstić information content (AvgIpc) is 2.46. The first-order valence-electron chi connectivity index (χ1n) is 6.51. The Morgan fingerprint density at radius 1 is 1.29 bits per heavy atom. The first-order chi connectivity index (χ1) is 9.94. The van der Waals surface area contributed by atoms with E-state index in [2.05, 4.69) is 10.3 Å². The lowest BCUT2D eigenvalue weighted by molar-refractivity contribution is 0.0910. The highest BCUT2D eigenvalue weighted by molar-refractivity contribution is 5.94. The third-order valence-corrected chi connectivity index (χ3v) is 3.20. The Labute approximate surface area is 123 Å². The standard InChI is InChI=1S/C16H17FN2O2/c1-16(2,12-6-4-5-7-13(12)21-3)19-15(20)11-8-9-18-14(17)10-11/h4-10H,1-3H3,(H,19,20). The third-order valence-electron chi connectivity index (χ3n) is 3.20. The van der Waals surface area contributed by atoms with Gasteiger partial charge in [-0.3, -0.25) is 4.79 Å². The Morgan fingerprint density at radius 3 is 2.67 bits per heavy atom. The first kappa shape index (κ1) is 15.0. The number of para-hydroxylation sites is 1. The summed E-state index contributed by atoms with van der Waals surface area (Å²) < 4.78 is 18.4. The fraction of sp³-hybridized carbons (Fsp3) is 0.250. The molecule has 4 nitrogen and oxygen atoms in total. The first-order valence-corrected chi connectivity index (χ1v) is 6.51. The number of hydrogen-bond acceptors (Lipinski definition) is 3. The molecule has 0 fully saturated rings. The predicted octanol–water partition coefficient (Wildman–Crippen LogP) is 2.89. The van der Waals surface area contributed by atoms with Crippen LogP contribution in [0.25, 0.3) is 0 Å². The molecule has 2 aromatic rings. The monoisotopic (exact) mass is 288 g/mol. The summed E-state index contributed by atoms with van der Waals surface area (Å²) in [5.41, 5.74) is 0.407. The molecular weight excluding hydrogens is 271 g/mol. The molecule has 1 N–H and O–H groups in total. The van der Waals surface area contributed by atoms with Gasteiger partial charge in [0.15, 0.2) is 0 Å². The molecule has 1 heterocycles. The van der Waals surface area contributed by atoms with Gasteiger partial charge in [0.2, 0.25) is 5.95 Å². The van der Waals surface area contributed by atoms with Gasteiger partial charge in [-0.15, -0.1) is 0 Å². The van der Waals surface area contributed by atoms with Crippen molar-refractivity contribution in [1.29, 1.82) is 0 Å². The fourth-order valence-electron chi connectivity index (χ4n) is 2.13. The summed E-state index contributed by atoms with van der Waals surface area (Å²) in [4.78, 5) is 15.7. The molecule has 110 valence electrons. The molecule has 5 heteroatoms. The quantitative estimate of drug-likeness (QED) is 0.880. The summed E-state index contributed by atoms with van der Waals surface area (Å²) in [7, 11) is 1.58. The van der Waals surface area contributed by atoms with Gasteiger partial charge in [0.25, 0.3) is 5.91 Å². The summed E-state index contributed by atoms with van der Waals surface area (Å²) in [5.74, 6) is -0.367. The highest BCUT2D eigenvalue weighted by Gasteiger charge is 2.26. The van der Waals surface area contributed by atoms with Gasteiger partial charge in [-0.1, -0.05) is 18.2 Å². The van der Waals surface area contributed by atoms with Crippen molar-refractivity contribution in [1.82, 2.24) is 10.3 Å².